The maximum Gasteiger partial charge on any atom is 0.335 e. The second kappa shape index (κ2) is 12.2. The number of imidazole rings is 1. The Kier molecular flexibility index (Phi) is 7.97. The molecule has 2 aromatic heterocycles. The van der Waals surface area contributed by atoms with Gasteiger partial charge in [-0.3, -0.25) is 9.69 Å². The zero-order valence-electron chi connectivity index (χ0n) is 25.2. The van der Waals surface area contributed by atoms with Crippen LogP contribution >= 0.6 is 0 Å². The number of hydrogen-bond acceptors (Lipinski definition) is 8. The molecule has 2 aromatic carbocycles. The summed E-state index contributed by atoms with van der Waals surface area (Å²) in [5, 5.41) is 9.54. The normalized spacial score (nSPS) is 20.3. The minimum absolute atomic E-state index is 0.0151. The van der Waals surface area contributed by atoms with Crippen molar-refractivity contribution in [3.63, 3.8) is 0 Å². The maximum atomic E-state index is 14.7. The number of Topliss-reactive ketones (excluding diaryl/α,β-unsaturated/α-hetero) is 1. The lowest BCUT2D eigenvalue weighted by Gasteiger charge is -2.40. The standard InChI is InChI=1S/C34H36FN5O5/c1-21-17-39(30-3-2-4-32(37-30)45-20-25-8-7-23(15-27(25)35)33(41)22-5-6-22)13-12-38(21)19-31-36-28-10-9-24(34(42)43)16-29(28)40(31)18-26-11-14-44-26/h2-4,7-10,15-16,21-22,26H,5-6,11-14,17-20H2,1H3,(H,42,43)/t21-,26?/m0/s1. The molecule has 0 amide bonds. The smallest absolute Gasteiger partial charge is 0.335 e. The SMILES string of the molecule is C[C@H]1CN(c2cccc(OCc3ccc(C(=O)C4CC4)cc3F)n2)CCN1Cc1nc2ccc(C(=O)O)cc2n1CC1CCO1. The van der Waals surface area contributed by atoms with Crippen LogP contribution in [0.5, 0.6) is 5.88 Å². The number of piperazine rings is 1. The lowest BCUT2D eigenvalue weighted by atomic mass is 10.0. The van der Waals surface area contributed by atoms with Crippen molar-refractivity contribution < 1.29 is 28.6 Å². The summed E-state index contributed by atoms with van der Waals surface area (Å²) in [6.45, 7) is 6.51. The second-order valence-corrected chi connectivity index (χ2v) is 12.3. The van der Waals surface area contributed by atoms with Gasteiger partial charge < -0.3 is 24.0 Å². The molecule has 3 fully saturated rings. The van der Waals surface area contributed by atoms with Crippen LogP contribution in [0.4, 0.5) is 10.2 Å². The third kappa shape index (κ3) is 6.27. The van der Waals surface area contributed by atoms with Crippen LogP contribution in [0.1, 0.15) is 58.3 Å². The molecule has 0 radical (unpaired) electrons. The Labute approximate surface area is 260 Å². The van der Waals surface area contributed by atoms with E-state index in [1.54, 1.807) is 36.4 Å². The van der Waals surface area contributed by atoms with Crippen molar-refractivity contribution in [2.45, 2.75) is 58.0 Å². The van der Waals surface area contributed by atoms with Crippen LogP contribution in [0.2, 0.25) is 0 Å². The van der Waals surface area contributed by atoms with E-state index in [0.717, 1.165) is 68.2 Å². The highest BCUT2D eigenvalue weighted by Crippen LogP contribution is 2.33. The van der Waals surface area contributed by atoms with Gasteiger partial charge in [0.2, 0.25) is 5.88 Å². The van der Waals surface area contributed by atoms with E-state index >= 15 is 0 Å². The molecule has 0 spiro atoms. The molecule has 11 heteroatoms. The highest BCUT2D eigenvalue weighted by atomic mass is 19.1. The summed E-state index contributed by atoms with van der Waals surface area (Å²) in [6, 6.07) is 15.5. The van der Waals surface area contributed by atoms with Gasteiger partial charge in [0.15, 0.2) is 5.78 Å². The lowest BCUT2D eigenvalue weighted by Crippen LogP contribution is -2.52. The molecule has 1 unspecified atom stereocenters. The summed E-state index contributed by atoms with van der Waals surface area (Å²) in [5.74, 6) is 0.760. The van der Waals surface area contributed by atoms with Gasteiger partial charge in [0.25, 0.3) is 0 Å². The molecule has 10 nitrogen and oxygen atoms in total. The molecule has 1 saturated carbocycles. The van der Waals surface area contributed by atoms with Crippen molar-refractivity contribution in [1.82, 2.24) is 19.4 Å². The van der Waals surface area contributed by atoms with Gasteiger partial charge in [-0.15, -0.1) is 0 Å². The van der Waals surface area contributed by atoms with E-state index < -0.39 is 11.8 Å². The van der Waals surface area contributed by atoms with Crippen molar-refractivity contribution >= 4 is 28.6 Å². The van der Waals surface area contributed by atoms with E-state index in [1.165, 1.54) is 6.07 Å². The summed E-state index contributed by atoms with van der Waals surface area (Å²) in [4.78, 5) is 38.1. The number of benzene rings is 2. The lowest BCUT2D eigenvalue weighted by molar-refractivity contribution is -0.0592. The van der Waals surface area contributed by atoms with Gasteiger partial charge in [0.05, 0.1) is 35.8 Å². The number of nitrogens with zero attached hydrogens (tertiary/aromatic N) is 5. The number of aromatic nitrogens is 3. The average Bonchev–Trinajstić information content (AvgIpc) is 3.81. The van der Waals surface area contributed by atoms with Crippen molar-refractivity contribution in [1.29, 1.82) is 0 Å². The topological polar surface area (TPSA) is 110 Å². The number of fused-ring (bicyclic) bond motifs is 1. The number of carbonyl (C=O) groups excluding carboxylic acids is 1. The van der Waals surface area contributed by atoms with Gasteiger partial charge in [0.1, 0.15) is 24.1 Å². The van der Waals surface area contributed by atoms with E-state index in [1.807, 2.05) is 12.1 Å². The largest absolute Gasteiger partial charge is 0.478 e. The Balaban J connectivity index is 1.00. The van der Waals surface area contributed by atoms with Gasteiger partial charge in [-0.1, -0.05) is 18.2 Å². The summed E-state index contributed by atoms with van der Waals surface area (Å²) in [7, 11) is 0. The fraction of sp³-hybridized carbons (Fsp3) is 0.412. The van der Waals surface area contributed by atoms with Crippen molar-refractivity contribution in [3.8, 4) is 5.88 Å². The van der Waals surface area contributed by atoms with Crippen molar-refractivity contribution in [3.05, 3.63) is 82.9 Å². The molecule has 2 saturated heterocycles. The minimum atomic E-state index is -0.957. The third-order valence-electron chi connectivity index (χ3n) is 9.06. The Hall–Kier alpha value is -4.35. The van der Waals surface area contributed by atoms with E-state index in [0.29, 0.717) is 30.1 Å². The van der Waals surface area contributed by atoms with Crippen LogP contribution in [-0.4, -0.2) is 74.7 Å². The Bertz CT molecular complexity index is 1750. The van der Waals surface area contributed by atoms with Crippen LogP contribution < -0.4 is 9.64 Å². The van der Waals surface area contributed by atoms with Gasteiger partial charge in [-0.05, 0) is 56.5 Å². The van der Waals surface area contributed by atoms with Gasteiger partial charge in [-0.2, -0.15) is 4.98 Å². The van der Waals surface area contributed by atoms with Crippen LogP contribution in [-0.2, 0) is 24.4 Å². The molecule has 1 aliphatic carbocycles. The van der Waals surface area contributed by atoms with Crippen molar-refractivity contribution in [2.75, 3.05) is 31.1 Å². The predicted octanol–water partition coefficient (Wildman–Crippen LogP) is 4.94. The first-order chi connectivity index (χ1) is 21.8. The van der Waals surface area contributed by atoms with Crippen molar-refractivity contribution in [2.24, 2.45) is 5.92 Å². The summed E-state index contributed by atoms with van der Waals surface area (Å²) in [5.41, 5.74) is 2.64. The zero-order valence-corrected chi connectivity index (χ0v) is 25.2. The molecular weight excluding hydrogens is 577 g/mol. The molecule has 234 valence electrons. The molecule has 1 N–H and O–H groups in total. The monoisotopic (exact) mass is 613 g/mol. The summed E-state index contributed by atoms with van der Waals surface area (Å²) in [6.07, 6.45) is 2.86. The molecule has 2 atom stereocenters. The molecule has 0 bridgehead atoms. The predicted molar refractivity (Wildman–Crippen MR) is 165 cm³/mol. The maximum absolute atomic E-state index is 14.7. The van der Waals surface area contributed by atoms with Crippen LogP contribution in [0.3, 0.4) is 0 Å². The first-order valence-corrected chi connectivity index (χ1v) is 15.6. The third-order valence-corrected chi connectivity index (χ3v) is 9.06. The number of anilines is 1. The number of halogens is 1. The molecule has 2 aliphatic heterocycles. The number of ether oxygens (including phenoxy) is 2. The molecule has 45 heavy (non-hydrogen) atoms. The van der Waals surface area contributed by atoms with E-state index in [4.69, 9.17) is 19.4 Å². The zero-order chi connectivity index (χ0) is 31.1. The number of carbonyl (C=O) groups is 2. The molecule has 4 heterocycles. The van der Waals surface area contributed by atoms with E-state index in [9.17, 15) is 19.1 Å². The molecule has 7 rings (SSSR count). The molecule has 3 aliphatic rings. The Morgan fingerprint density at radius 1 is 1.04 bits per heavy atom. The summed E-state index contributed by atoms with van der Waals surface area (Å²) < 4.78 is 28.4. The van der Waals surface area contributed by atoms with E-state index in [-0.39, 0.29) is 36.0 Å². The highest BCUT2D eigenvalue weighted by Gasteiger charge is 2.31. The van der Waals surface area contributed by atoms with Gasteiger partial charge in [-0.25, -0.2) is 14.2 Å². The van der Waals surface area contributed by atoms with Crippen LogP contribution in [0.15, 0.2) is 54.6 Å². The highest BCUT2D eigenvalue weighted by molar-refractivity contribution is 5.99. The summed E-state index contributed by atoms with van der Waals surface area (Å²) >= 11 is 0. The fourth-order valence-electron chi connectivity index (χ4n) is 6.09. The van der Waals surface area contributed by atoms with Crippen LogP contribution in [0, 0.1) is 11.7 Å². The van der Waals surface area contributed by atoms with Crippen LogP contribution in [0.25, 0.3) is 11.0 Å². The Morgan fingerprint density at radius 3 is 2.58 bits per heavy atom. The fourth-order valence-corrected chi connectivity index (χ4v) is 6.09. The number of pyridine rings is 1. The number of hydrogen-bond donors (Lipinski definition) is 1. The number of ketones is 1. The average molecular weight is 614 g/mol. The second-order valence-electron chi connectivity index (χ2n) is 12.3. The molecule has 4 aromatic rings. The Morgan fingerprint density at radius 2 is 1.87 bits per heavy atom. The number of aromatic carboxylic acids is 1. The minimum Gasteiger partial charge on any atom is -0.478 e. The van der Waals surface area contributed by atoms with E-state index in [2.05, 4.69) is 21.3 Å². The van der Waals surface area contributed by atoms with Gasteiger partial charge >= 0.3 is 5.97 Å². The number of rotatable bonds is 11. The van der Waals surface area contributed by atoms with Gasteiger partial charge in [0, 0.05) is 55.4 Å². The first-order valence-electron chi connectivity index (χ1n) is 15.6. The number of carboxylic acid groups (broad SMARTS) is 1. The quantitative estimate of drug-likeness (QED) is 0.235. The molecular formula is C34H36FN5O5. The first kappa shape index (κ1) is 29.4. The number of carboxylic acids is 1.